The van der Waals surface area contributed by atoms with Crippen LogP contribution in [0.15, 0.2) is 18.2 Å². The maximum absolute atomic E-state index is 12.3. The highest BCUT2D eigenvalue weighted by Gasteiger charge is 2.30. The van der Waals surface area contributed by atoms with Crippen LogP contribution in [0.1, 0.15) is 25.3 Å². The molecule has 1 aromatic carbocycles. The molecule has 3 rings (SSSR count). The van der Waals surface area contributed by atoms with Crippen molar-refractivity contribution in [1.82, 2.24) is 10.2 Å². The molecule has 1 aliphatic carbocycles. The molecule has 2 aliphatic rings. The Hall–Kier alpha value is -1.42. The molecule has 1 N–H and O–H groups in total. The SMILES string of the molecule is Cc1ccc(Cl)cc1N1CCN(C(=O)NC(C)C2CC2)CC1. The Labute approximate surface area is 137 Å². The van der Waals surface area contributed by atoms with Gasteiger partial charge in [-0.15, -0.1) is 0 Å². The van der Waals surface area contributed by atoms with Crippen molar-refractivity contribution in [2.45, 2.75) is 32.7 Å². The Morgan fingerprint density at radius 2 is 1.95 bits per heavy atom. The highest BCUT2D eigenvalue weighted by Crippen LogP contribution is 2.32. The molecule has 1 saturated carbocycles. The minimum Gasteiger partial charge on any atom is -0.368 e. The number of hydrogen-bond acceptors (Lipinski definition) is 2. The molecule has 2 amide bonds. The van der Waals surface area contributed by atoms with Crippen LogP contribution in [0.4, 0.5) is 10.5 Å². The first-order valence-corrected chi connectivity index (χ1v) is 8.49. The van der Waals surface area contributed by atoms with Crippen LogP contribution in [0.5, 0.6) is 0 Å². The lowest BCUT2D eigenvalue weighted by molar-refractivity contribution is 0.190. The number of carbonyl (C=O) groups is 1. The first-order chi connectivity index (χ1) is 10.5. The van der Waals surface area contributed by atoms with E-state index in [-0.39, 0.29) is 6.03 Å². The van der Waals surface area contributed by atoms with Gasteiger partial charge in [0, 0.05) is 42.9 Å². The number of nitrogens with one attached hydrogen (secondary N) is 1. The van der Waals surface area contributed by atoms with Crippen LogP contribution in [0.2, 0.25) is 5.02 Å². The molecule has 1 aromatic rings. The minimum absolute atomic E-state index is 0.0851. The molecule has 1 atom stereocenters. The van der Waals surface area contributed by atoms with Crippen molar-refractivity contribution in [2.75, 3.05) is 31.1 Å². The second-order valence-corrected chi connectivity index (χ2v) is 6.92. The molecule has 5 heteroatoms. The zero-order chi connectivity index (χ0) is 15.7. The van der Waals surface area contributed by atoms with Crippen LogP contribution >= 0.6 is 11.6 Å². The second-order valence-electron chi connectivity index (χ2n) is 6.48. The normalized spacial score (nSPS) is 20.0. The van der Waals surface area contributed by atoms with E-state index in [2.05, 4.69) is 24.1 Å². The van der Waals surface area contributed by atoms with Gasteiger partial charge >= 0.3 is 6.03 Å². The summed E-state index contributed by atoms with van der Waals surface area (Å²) >= 11 is 6.11. The lowest BCUT2D eigenvalue weighted by Crippen LogP contribution is -2.53. The number of benzene rings is 1. The van der Waals surface area contributed by atoms with Gasteiger partial charge in [0.05, 0.1) is 0 Å². The number of urea groups is 1. The fourth-order valence-electron chi connectivity index (χ4n) is 3.07. The van der Waals surface area contributed by atoms with E-state index < -0.39 is 0 Å². The summed E-state index contributed by atoms with van der Waals surface area (Å²) in [7, 11) is 0. The van der Waals surface area contributed by atoms with E-state index in [1.54, 1.807) is 0 Å². The Morgan fingerprint density at radius 3 is 2.59 bits per heavy atom. The topological polar surface area (TPSA) is 35.6 Å². The van der Waals surface area contributed by atoms with E-state index in [1.165, 1.54) is 24.1 Å². The molecule has 0 bridgehead atoms. The first-order valence-electron chi connectivity index (χ1n) is 8.11. The molecule has 22 heavy (non-hydrogen) atoms. The van der Waals surface area contributed by atoms with E-state index in [4.69, 9.17) is 11.6 Å². The highest BCUT2D eigenvalue weighted by molar-refractivity contribution is 6.30. The van der Waals surface area contributed by atoms with Gasteiger partial charge in [-0.2, -0.15) is 0 Å². The summed E-state index contributed by atoms with van der Waals surface area (Å²) in [5, 5.41) is 3.90. The fraction of sp³-hybridized carbons (Fsp3) is 0.588. The molecule has 0 radical (unpaired) electrons. The average molecular weight is 322 g/mol. The standard InChI is InChI=1S/C17H24ClN3O/c1-12-3-6-15(18)11-16(12)20-7-9-21(10-8-20)17(22)19-13(2)14-4-5-14/h3,6,11,13-14H,4-5,7-10H2,1-2H3,(H,19,22). The molecule has 1 heterocycles. The monoisotopic (exact) mass is 321 g/mol. The largest absolute Gasteiger partial charge is 0.368 e. The van der Waals surface area contributed by atoms with Gasteiger partial charge in [-0.3, -0.25) is 0 Å². The van der Waals surface area contributed by atoms with E-state index in [0.29, 0.717) is 12.0 Å². The number of piperazine rings is 1. The van der Waals surface area contributed by atoms with Gasteiger partial charge in [0.15, 0.2) is 0 Å². The Balaban J connectivity index is 1.55. The number of carbonyl (C=O) groups excluding carboxylic acids is 1. The zero-order valence-corrected chi connectivity index (χ0v) is 14.1. The smallest absolute Gasteiger partial charge is 0.317 e. The summed E-state index contributed by atoms with van der Waals surface area (Å²) in [6.45, 7) is 7.44. The third-order valence-electron chi connectivity index (χ3n) is 4.76. The van der Waals surface area contributed by atoms with Gasteiger partial charge in [-0.1, -0.05) is 17.7 Å². The highest BCUT2D eigenvalue weighted by atomic mass is 35.5. The van der Waals surface area contributed by atoms with E-state index >= 15 is 0 Å². The number of hydrogen-bond donors (Lipinski definition) is 1. The van der Waals surface area contributed by atoms with Crippen molar-refractivity contribution < 1.29 is 4.79 Å². The molecule has 0 spiro atoms. The molecule has 4 nitrogen and oxygen atoms in total. The van der Waals surface area contributed by atoms with Gasteiger partial charge in [0.25, 0.3) is 0 Å². The summed E-state index contributed by atoms with van der Waals surface area (Å²) in [6, 6.07) is 6.38. The number of aryl methyl sites for hydroxylation is 1. The third-order valence-corrected chi connectivity index (χ3v) is 4.99. The van der Waals surface area contributed by atoms with Crippen molar-refractivity contribution in [3.63, 3.8) is 0 Å². The molecule has 1 saturated heterocycles. The summed E-state index contributed by atoms with van der Waals surface area (Å²) in [5.41, 5.74) is 2.41. The quantitative estimate of drug-likeness (QED) is 0.927. The van der Waals surface area contributed by atoms with Crippen LogP contribution in [0.25, 0.3) is 0 Å². The Morgan fingerprint density at radius 1 is 1.27 bits per heavy atom. The maximum atomic E-state index is 12.3. The van der Waals surface area contributed by atoms with Crippen LogP contribution < -0.4 is 10.2 Å². The number of nitrogens with zero attached hydrogens (tertiary/aromatic N) is 2. The summed E-state index contributed by atoms with van der Waals surface area (Å²) < 4.78 is 0. The molecule has 120 valence electrons. The number of halogens is 1. The summed E-state index contributed by atoms with van der Waals surface area (Å²) in [5.74, 6) is 0.694. The molecule has 2 fully saturated rings. The van der Waals surface area contributed by atoms with Gasteiger partial charge in [0.1, 0.15) is 0 Å². The zero-order valence-electron chi connectivity index (χ0n) is 13.3. The molecular weight excluding hydrogens is 298 g/mol. The maximum Gasteiger partial charge on any atom is 0.317 e. The Kier molecular flexibility index (Phi) is 4.48. The van der Waals surface area contributed by atoms with Gasteiger partial charge in [-0.05, 0) is 50.3 Å². The predicted molar refractivity (Wildman–Crippen MR) is 90.7 cm³/mol. The van der Waals surface area contributed by atoms with Crippen molar-refractivity contribution in [3.8, 4) is 0 Å². The lowest BCUT2D eigenvalue weighted by Gasteiger charge is -2.37. The predicted octanol–water partition coefficient (Wildman–Crippen LogP) is 3.28. The van der Waals surface area contributed by atoms with Crippen LogP contribution in [0.3, 0.4) is 0 Å². The summed E-state index contributed by atoms with van der Waals surface area (Å²) in [4.78, 5) is 16.5. The second kappa shape index (κ2) is 6.37. The van der Waals surface area contributed by atoms with Gasteiger partial charge in [-0.25, -0.2) is 4.79 Å². The third kappa shape index (κ3) is 3.49. The molecule has 1 unspecified atom stereocenters. The minimum atomic E-state index is 0.0851. The van der Waals surface area contributed by atoms with Crippen LogP contribution in [-0.4, -0.2) is 43.2 Å². The van der Waals surface area contributed by atoms with Crippen LogP contribution in [-0.2, 0) is 0 Å². The van der Waals surface area contributed by atoms with Gasteiger partial charge in [0.2, 0.25) is 0 Å². The molecule has 1 aliphatic heterocycles. The average Bonchev–Trinajstić information content (AvgIpc) is 3.34. The number of anilines is 1. The first kappa shape index (κ1) is 15.5. The van der Waals surface area contributed by atoms with E-state index in [9.17, 15) is 4.79 Å². The van der Waals surface area contributed by atoms with Crippen molar-refractivity contribution in [3.05, 3.63) is 28.8 Å². The van der Waals surface area contributed by atoms with Crippen LogP contribution in [0, 0.1) is 12.8 Å². The Bertz CT molecular complexity index is 551. The molecule has 0 aromatic heterocycles. The fourth-order valence-corrected chi connectivity index (χ4v) is 3.24. The van der Waals surface area contributed by atoms with Crippen molar-refractivity contribution in [2.24, 2.45) is 5.92 Å². The van der Waals surface area contributed by atoms with E-state index in [1.807, 2.05) is 23.1 Å². The van der Waals surface area contributed by atoms with E-state index in [0.717, 1.165) is 31.2 Å². The van der Waals surface area contributed by atoms with Crippen molar-refractivity contribution >= 4 is 23.3 Å². The molecular formula is C17H24ClN3O. The lowest BCUT2D eigenvalue weighted by atomic mass is 10.1. The number of amides is 2. The summed E-state index contributed by atoms with van der Waals surface area (Å²) in [6.07, 6.45) is 2.51. The van der Waals surface area contributed by atoms with Gasteiger partial charge < -0.3 is 15.1 Å². The number of rotatable bonds is 3. The van der Waals surface area contributed by atoms with Crippen molar-refractivity contribution in [1.29, 1.82) is 0 Å².